The van der Waals surface area contributed by atoms with Gasteiger partial charge >= 0.3 is 0 Å². The molecule has 0 aliphatic rings. The van der Waals surface area contributed by atoms with E-state index < -0.39 is 10.0 Å². The minimum atomic E-state index is -3.42. The van der Waals surface area contributed by atoms with E-state index in [1.54, 1.807) is 19.1 Å². The van der Waals surface area contributed by atoms with Crippen molar-refractivity contribution in [2.75, 3.05) is 38.6 Å². The van der Waals surface area contributed by atoms with Gasteiger partial charge in [-0.1, -0.05) is 19.1 Å². The molecule has 0 aliphatic heterocycles. The average Bonchev–Trinajstić information content (AvgIpc) is 2.36. The largest absolute Gasteiger partial charge is 0.372 e. The number of para-hydroxylation sites is 1. The highest BCUT2D eigenvalue weighted by Crippen LogP contribution is 2.23. The predicted octanol–water partition coefficient (Wildman–Crippen LogP) is 0.640. The minimum Gasteiger partial charge on any atom is -0.372 e. The molecule has 0 atom stereocenters. The monoisotopic (exact) mass is 271 g/mol. The van der Waals surface area contributed by atoms with Crippen molar-refractivity contribution in [3.05, 3.63) is 24.3 Å². The maximum absolute atomic E-state index is 12.1. The number of anilines is 1. The summed E-state index contributed by atoms with van der Waals surface area (Å²) in [7, 11) is 0.334. The summed E-state index contributed by atoms with van der Waals surface area (Å²) in [6, 6.07) is 7.03. The van der Waals surface area contributed by atoms with Crippen LogP contribution in [0.1, 0.15) is 6.92 Å². The maximum atomic E-state index is 12.1. The number of nitrogens with one attached hydrogen (secondary N) is 2. The van der Waals surface area contributed by atoms with Gasteiger partial charge in [-0.05, 0) is 19.2 Å². The Labute approximate surface area is 109 Å². The molecular formula is C12H21N3O2S. The Kier molecular flexibility index (Phi) is 5.58. The number of sulfonamides is 1. The molecule has 1 rings (SSSR count). The van der Waals surface area contributed by atoms with Crippen molar-refractivity contribution in [3.8, 4) is 0 Å². The fourth-order valence-corrected chi connectivity index (χ4v) is 2.96. The Bertz CT molecular complexity index is 474. The van der Waals surface area contributed by atoms with Crippen LogP contribution in [-0.2, 0) is 10.0 Å². The average molecular weight is 271 g/mol. The molecule has 0 spiro atoms. The van der Waals surface area contributed by atoms with Crippen LogP contribution in [0.3, 0.4) is 0 Å². The summed E-state index contributed by atoms with van der Waals surface area (Å²) < 4.78 is 26.7. The Morgan fingerprint density at radius 1 is 1.28 bits per heavy atom. The van der Waals surface area contributed by atoms with Crippen LogP contribution in [0.4, 0.5) is 5.69 Å². The van der Waals surface area contributed by atoms with Gasteiger partial charge in [0, 0.05) is 26.7 Å². The fourth-order valence-electron chi connectivity index (χ4n) is 1.67. The first-order chi connectivity index (χ1) is 8.53. The van der Waals surface area contributed by atoms with Gasteiger partial charge in [0.15, 0.2) is 0 Å². The van der Waals surface area contributed by atoms with E-state index in [4.69, 9.17) is 0 Å². The third-order valence-corrected chi connectivity index (χ3v) is 4.19. The number of benzene rings is 1. The van der Waals surface area contributed by atoms with E-state index in [2.05, 4.69) is 10.0 Å². The molecule has 18 heavy (non-hydrogen) atoms. The van der Waals surface area contributed by atoms with Gasteiger partial charge in [0.2, 0.25) is 10.0 Å². The molecule has 0 aromatic heterocycles. The van der Waals surface area contributed by atoms with Crippen molar-refractivity contribution in [3.63, 3.8) is 0 Å². The number of rotatable bonds is 7. The first-order valence-corrected chi connectivity index (χ1v) is 7.45. The normalized spacial score (nSPS) is 11.5. The number of nitrogens with zero attached hydrogens (tertiary/aromatic N) is 1. The van der Waals surface area contributed by atoms with Gasteiger partial charge in [-0.25, -0.2) is 13.1 Å². The molecule has 102 valence electrons. The van der Waals surface area contributed by atoms with Crippen molar-refractivity contribution >= 4 is 15.7 Å². The molecule has 0 amide bonds. The standard InChI is InChI=1S/C12H21N3O2S/c1-4-14-18(16,17)12-8-6-5-7-11(12)15(3)10-9-13-2/h5-8,13-14H,4,9-10H2,1-3H3. The zero-order valence-corrected chi connectivity index (χ0v) is 11.9. The predicted molar refractivity (Wildman–Crippen MR) is 74.5 cm³/mol. The Hall–Kier alpha value is -1.11. The summed E-state index contributed by atoms with van der Waals surface area (Å²) in [5.74, 6) is 0. The Balaban J connectivity index is 3.06. The zero-order valence-electron chi connectivity index (χ0n) is 11.1. The molecule has 0 saturated heterocycles. The van der Waals surface area contributed by atoms with Gasteiger partial charge in [0.25, 0.3) is 0 Å². The van der Waals surface area contributed by atoms with Crippen LogP contribution in [0.15, 0.2) is 29.2 Å². The summed E-state index contributed by atoms with van der Waals surface area (Å²) in [6.07, 6.45) is 0. The molecule has 0 unspecified atom stereocenters. The van der Waals surface area contributed by atoms with Crippen molar-refractivity contribution in [2.45, 2.75) is 11.8 Å². The van der Waals surface area contributed by atoms with Crippen LogP contribution in [0.5, 0.6) is 0 Å². The minimum absolute atomic E-state index is 0.324. The lowest BCUT2D eigenvalue weighted by Gasteiger charge is -2.22. The molecule has 0 fully saturated rings. The molecule has 5 nitrogen and oxygen atoms in total. The number of hydrogen-bond acceptors (Lipinski definition) is 4. The molecule has 1 aromatic rings. The van der Waals surface area contributed by atoms with E-state index in [9.17, 15) is 8.42 Å². The van der Waals surface area contributed by atoms with Gasteiger partial charge in [0.1, 0.15) is 4.90 Å². The molecule has 0 radical (unpaired) electrons. The van der Waals surface area contributed by atoms with E-state index in [0.29, 0.717) is 17.1 Å². The molecule has 0 saturated carbocycles. The number of likely N-dealkylation sites (N-methyl/N-ethyl adjacent to an activating group) is 2. The SMILES string of the molecule is CCNS(=O)(=O)c1ccccc1N(C)CCNC. The van der Waals surface area contributed by atoms with Crippen LogP contribution < -0.4 is 14.9 Å². The lowest BCUT2D eigenvalue weighted by atomic mass is 10.3. The second-order valence-corrected chi connectivity index (χ2v) is 5.73. The third-order valence-electron chi connectivity index (χ3n) is 2.60. The van der Waals surface area contributed by atoms with Crippen LogP contribution in [0.2, 0.25) is 0 Å². The number of hydrogen-bond donors (Lipinski definition) is 2. The molecule has 0 bridgehead atoms. The fraction of sp³-hybridized carbons (Fsp3) is 0.500. The summed E-state index contributed by atoms with van der Waals surface area (Å²) in [4.78, 5) is 2.26. The molecular weight excluding hydrogens is 250 g/mol. The topological polar surface area (TPSA) is 61.4 Å². The maximum Gasteiger partial charge on any atom is 0.242 e. The summed E-state index contributed by atoms with van der Waals surface area (Å²) >= 11 is 0. The highest BCUT2D eigenvalue weighted by atomic mass is 32.2. The second-order valence-electron chi connectivity index (χ2n) is 3.99. The van der Waals surface area contributed by atoms with Crippen LogP contribution >= 0.6 is 0 Å². The lowest BCUT2D eigenvalue weighted by Crippen LogP contribution is -2.30. The summed E-state index contributed by atoms with van der Waals surface area (Å²) in [5, 5.41) is 3.04. The van der Waals surface area contributed by atoms with E-state index >= 15 is 0 Å². The van der Waals surface area contributed by atoms with Crippen molar-refractivity contribution in [1.82, 2.24) is 10.0 Å². The van der Waals surface area contributed by atoms with Gasteiger partial charge in [-0.15, -0.1) is 0 Å². The third kappa shape index (κ3) is 3.69. The highest BCUT2D eigenvalue weighted by molar-refractivity contribution is 7.89. The second kappa shape index (κ2) is 6.72. The van der Waals surface area contributed by atoms with Crippen molar-refractivity contribution in [1.29, 1.82) is 0 Å². The Morgan fingerprint density at radius 2 is 1.94 bits per heavy atom. The summed E-state index contributed by atoms with van der Waals surface area (Å²) in [5.41, 5.74) is 0.716. The van der Waals surface area contributed by atoms with E-state index in [-0.39, 0.29) is 0 Å². The molecule has 0 heterocycles. The van der Waals surface area contributed by atoms with Gasteiger partial charge in [-0.2, -0.15) is 0 Å². The molecule has 2 N–H and O–H groups in total. The lowest BCUT2D eigenvalue weighted by molar-refractivity contribution is 0.583. The first-order valence-electron chi connectivity index (χ1n) is 5.97. The van der Waals surface area contributed by atoms with Crippen molar-refractivity contribution < 1.29 is 8.42 Å². The molecule has 0 aliphatic carbocycles. The highest BCUT2D eigenvalue weighted by Gasteiger charge is 2.18. The van der Waals surface area contributed by atoms with Crippen LogP contribution in [-0.4, -0.2) is 42.1 Å². The van der Waals surface area contributed by atoms with Gasteiger partial charge < -0.3 is 10.2 Å². The van der Waals surface area contributed by atoms with Crippen LogP contribution in [0, 0.1) is 0 Å². The van der Waals surface area contributed by atoms with Crippen LogP contribution in [0.25, 0.3) is 0 Å². The molecule has 6 heteroatoms. The smallest absolute Gasteiger partial charge is 0.242 e. The van der Waals surface area contributed by atoms with E-state index in [0.717, 1.165) is 13.1 Å². The van der Waals surface area contributed by atoms with Gasteiger partial charge in [-0.3, -0.25) is 0 Å². The zero-order chi connectivity index (χ0) is 13.6. The van der Waals surface area contributed by atoms with Gasteiger partial charge in [0.05, 0.1) is 5.69 Å². The molecule has 1 aromatic carbocycles. The van der Waals surface area contributed by atoms with E-state index in [1.807, 2.05) is 31.1 Å². The first kappa shape index (κ1) is 14.9. The van der Waals surface area contributed by atoms with E-state index in [1.165, 1.54) is 0 Å². The van der Waals surface area contributed by atoms with Crippen molar-refractivity contribution in [2.24, 2.45) is 0 Å². The quantitative estimate of drug-likeness (QED) is 0.764. The summed E-state index contributed by atoms with van der Waals surface area (Å²) in [6.45, 7) is 3.70. The Morgan fingerprint density at radius 3 is 2.56 bits per heavy atom.